The number of halogens is 1. The second-order valence-electron chi connectivity index (χ2n) is 9.77. The van der Waals surface area contributed by atoms with Gasteiger partial charge in [-0.05, 0) is 49.2 Å². The maximum Gasteiger partial charge on any atom is 0.322 e. The van der Waals surface area contributed by atoms with Gasteiger partial charge in [0.25, 0.3) is 0 Å². The van der Waals surface area contributed by atoms with Gasteiger partial charge in [0.05, 0.1) is 18.0 Å². The molecule has 1 aromatic heterocycles. The minimum Gasteiger partial charge on any atom is -0.383 e. The number of amides is 3. The molecule has 0 atom stereocenters. The first kappa shape index (κ1) is 27.2. The van der Waals surface area contributed by atoms with Gasteiger partial charge in [-0.1, -0.05) is 50.6 Å². The Morgan fingerprint density at radius 2 is 1.83 bits per heavy atom. The lowest BCUT2D eigenvalue weighted by Gasteiger charge is -2.22. The minimum atomic E-state index is -0.426. The van der Waals surface area contributed by atoms with Crippen molar-refractivity contribution >= 4 is 35.0 Å². The van der Waals surface area contributed by atoms with Gasteiger partial charge in [-0.15, -0.1) is 0 Å². The van der Waals surface area contributed by atoms with E-state index in [1.807, 2.05) is 50.2 Å². The van der Waals surface area contributed by atoms with E-state index < -0.39 is 6.03 Å². The first-order valence-corrected chi connectivity index (χ1v) is 12.1. The average Bonchev–Trinajstić information content (AvgIpc) is 3.23. The number of aromatic nitrogens is 2. The Bertz CT molecular complexity index is 1230. The Morgan fingerprint density at radius 3 is 2.47 bits per heavy atom. The van der Waals surface area contributed by atoms with Gasteiger partial charge in [0, 0.05) is 35.8 Å². The number of benzene rings is 2. The number of carbonyl (C=O) groups is 2. The van der Waals surface area contributed by atoms with E-state index in [2.05, 4.69) is 31.4 Å². The Balaban J connectivity index is 1.81. The zero-order valence-corrected chi connectivity index (χ0v) is 22.4. The molecule has 2 N–H and O–H groups in total. The predicted molar refractivity (Wildman–Crippen MR) is 144 cm³/mol. The summed E-state index contributed by atoms with van der Waals surface area (Å²) in [5.74, 6) is 0.186. The largest absolute Gasteiger partial charge is 0.383 e. The fourth-order valence-electron chi connectivity index (χ4n) is 3.48. The van der Waals surface area contributed by atoms with Crippen molar-refractivity contribution in [1.82, 2.24) is 14.7 Å². The van der Waals surface area contributed by atoms with Crippen LogP contribution in [0.1, 0.15) is 37.6 Å². The van der Waals surface area contributed by atoms with E-state index in [9.17, 15) is 9.59 Å². The van der Waals surface area contributed by atoms with Gasteiger partial charge in [-0.2, -0.15) is 5.10 Å². The van der Waals surface area contributed by atoms with Crippen LogP contribution in [0.2, 0.25) is 5.02 Å². The monoisotopic (exact) mass is 511 g/mol. The highest BCUT2D eigenvalue weighted by Gasteiger charge is 2.23. The van der Waals surface area contributed by atoms with Crippen molar-refractivity contribution in [3.05, 3.63) is 70.4 Å². The van der Waals surface area contributed by atoms with E-state index >= 15 is 0 Å². The fourth-order valence-corrected chi connectivity index (χ4v) is 3.66. The highest BCUT2D eigenvalue weighted by molar-refractivity contribution is 6.31. The Hall–Kier alpha value is -3.36. The maximum absolute atomic E-state index is 13.1. The molecule has 0 fully saturated rings. The van der Waals surface area contributed by atoms with E-state index in [0.29, 0.717) is 16.5 Å². The quantitative estimate of drug-likeness (QED) is 0.414. The number of carbonyl (C=O) groups excluding carboxylic acids is 2. The summed E-state index contributed by atoms with van der Waals surface area (Å²) in [6, 6.07) is 14.6. The summed E-state index contributed by atoms with van der Waals surface area (Å²) in [5, 5.41) is 11.1. The molecule has 0 bridgehead atoms. The van der Waals surface area contributed by atoms with E-state index in [1.54, 1.807) is 23.9 Å². The number of hydrogen-bond donors (Lipinski definition) is 2. The Kier molecular flexibility index (Phi) is 8.76. The molecule has 2 aromatic carbocycles. The van der Waals surface area contributed by atoms with E-state index in [1.165, 1.54) is 4.90 Å². The minimum absolute atomic E-state index is 0.168. The molecule has 8 nitrogen and oxygen atoms in total. The number of aryl methyl sites for hydroxylation is 2. The Labute approximate surface area is 217 Å². The maximum atomic E-state index is 13.1. The third-order valence-electron chi connectivity index (χ3n) is 5.60. The van der Waals surface area contributed by atoms with Gasteiger partial charge in [-0.25, -0.2) is 9.48 Å². The lowest BCUT2D eigenvalue weighted by atomic mass is 9.92. The molecule has 0 aliphatic carbocycles. The van der Waals surface area contributed by atoms with Crippen LogP contribution in [0.5, 0.6) is 0 Å². The average molecular weight is 512 g/mol. The SMILES string of the molecule is COCCN(CC(=O)Nc1cc(C(C)(C)C)nn1-c1cccc(C)c1)C(=O)Nc1ccc(C)c(Cl)c1. The van der Waals surface area contributed by atoms with Crippen molar-refractivity contribution in [3.8, 4) is 5.69 Å². The summed E-state index contributed by atoms with van der Waals surface area (Å²) in [6.45, 7) is 10.4. The molecule has 9 heteroatoms. The van der Waals surface area contributed by atoms with Gasteiger partial charge >= 0.3 is 6.03 Å². The summed E-state index contributed by atoms with van der Waals surface area (Å²) in [6.07, 6.45) is 0. The van der Waals surface area contributed by atoms with Crippen molar-refractivity contribution in [2.75, 3.05) is 37.4 Å². The van der Waals surface area contributed by atoms with E-state index in [0.717, 1.165) is 22.5 Å². The van der Waals surface area contributed by atoms with Crippen LogP contribution in [0.25, 0.3) is 5.69 Å². The molecule has 0 saturated carbocycles. The van der Waals surface area contributed by atoms with Crippen molar-refractivity contribution in [3.63, 3.8) is 0 Å². The van der Waals surface area contributed by atoms with Crippen LogP contribution in [0.4, 0.5) is 16.3 Å². The molecule has 0 saturated heterocycles. The number of urea groups is 1. The second kappa shape index (κ2) is 11.6. The third kappa shape index (κ3) is 7.08. The van der Waals surface area contributed by atoms with Gasteiger partial charge in [-0.3, -0.25) is 4.79 Å². The normalized spacial score (nSPS) is 11.3. The van der Waals surface area contributed by atoms with Gasteiger partial charge in [0.2, 0.25) is 5.91 Å². The molecule has 3 aromatic rings. The van der Waals surface area contributed by atoms with Crippen LogP contribution < -0.4 is 10.6 Å². The number of nitrogens with one attached hydrogen (secondary N) is 2. The topological polar surface area (TPSA) is 88.5 Å². The van der Waals surface area contributed by atoms with Gasteiger partial charge < -0.3 is 20.3 Å². The molecule has 1 heterocycles. The second-order valence-corrected chi connectivity index (χ2v) is 10.2. The molecule has 0 radical (unpaired) electrons. The molecule has 3 amide bonds. The molecular formula is C27H34ClN5O3. The number of methoxy groups -OCH3 is 1. The van der Waals surface area contributed by atoms with Gasteiger partial charge in [0.15, 0.2) is 0 Å². The number of hydrogen-bond acceptors (Lipinski definition) is 4. The van der Waals surface area contributed by atoms with Crippen molar-refractivity contribution < 1.29 is 14.3 Å². The fraction of sp³-hybridized carbons (Fsp3) is 0.370. The number of ether oxygens (including phenoxy) is 1. The summed E-state index contributed by atoms with van der Waals surface area (Å²) < 4.78 is 6.87. The predicted octanol–water partition coefficient (Wildman–Crippen LogP) is 5.56. The van der Waals surface area contributed by atoms with Crippen molar-refractivity contribution in [1.29, 1.82) is 0 Å². The summed E-state index contributed by atoms with van der Waals surface area (Å²) in [4.78, 5) is 27.5. The first-order valence-electron chi connectivity index (χ1n) is 11.8. The highest BCUT2D eigenvalue weighted by Crippen LogP contribution is 2.27. The van der Waals surface area contributed by atoms with Crippen LogP contribution in [0.3, 0.4) is 0 Å². The lowest BCUT2D eigenvalue weighted by molar-refractivity contribution is -0.116. The van der Waals surface area contributed by atoms with E-state index in [-0.39, 0.29) is 31.0 Å². The molecule has 192 valence electrons. The van der Waals surface area contributed by atoms with Crippen molar-refractivity contribution in [2.45, 2.75) is 40.0 Å². The highest BCUT2D eigenvalue weighted by atomic mass is 35.5. The smallest absolute Gasteiger partial charge is 0.322 e. The van der Waals surface area contributed by atoms with Crippen LogP contribution in [-0.4, -0.2) is 53.4 Å². The number of nitrogens with zero attached hydrogens (tertiary/aromatic N) is 3. The lowest BCUT2D eigenvalue weighted by Crippen LogP contribution is -2.42. The molecular weight excluding hydrogens is 478 g/mol. The van der Waals surface area contributed by atoms with Crippen molar-refractivity contribution in [2.24, 2.45) is 0 Å². The molecule has 0 unspecified atom stereocenters. The van der Waals surface area contributed by atoms with Crippen LogP contribution in [0, 0.1) is 13.8 Å². The number of rotatable bonds is 8. The third-order valence-corrected chi connectivity index (χ3v) is 6.01. The number of anilines is 2. The molecule has 0 aliphatic rings. The van der Waals surface area contributed by atoms with Gasteiger partial charge in [0.1, 0.15) is 12.4 Å². The molecule has 0 spiro atoms. The van der Waals surface area contributed by atoms with Crippen LogP contribution in [-0.2, 0) is 14.9 Å². The zero-order valence-electron chi connectivity index (χ0n) is 21.7. The molecule has 36 heavy (non-hydrogen) atoms. The first-order chi connectivity index (χ1) is 17.0. The summed E-state index contributed by atoms with van der Waals surface area (Å²) >= 11 is 6.19. The van der Waals surface area contributed by atoms with Crippen LogP contribution >= 0.6 is 11.6 Å². The molecule has 0 aliphatic heterocycles. The summed E-state index contributed by atoms with van der Waals surface area (Å²) in [5.41, 5.74) is 4.00. The van der Waals surface area contributed by atoms with Crippen LogP contribution in [0.15, 0.2) is 48.5 Å². The molecule has 3 rings (SSSR count). The summed E-state index contributed by atoms with van der Waals surface area (Å²) in [7, 11) is 1.55. The zero-order chi connectivity index (χ0) is 26.5. The van der Waals surface area contributed by atoms with E-state index in [4.69, 9.17) is 21.4 Å². The Morgan fingerprint density at radius 1 is 1.08 bits per heavy atom. The standard InChI is InChI=1S/C27H34ClN5O3/c1-18-8-7-9-21(14-18)33-24(16-23(31-33)27(3,4)5)30-25(34)17-32(12-13-36-6)26(35)29-20-11-10-19(2)22(28)15-20/h7-11,14-16H,12-13,17H2,1-6H3,(H,29,35)(H,30,34).